The van der Waals surface area contributed by atoms with Gasteiger partial charge in [-0.15, -0.1) is 0 Å². The number of carbonyl (C=O) groups is 2. The number of aromatic nitrogens is 1. The molecule has 1 radical (unpaired) electrons. The molecule has 5 heteroatoms. The zero-order valence-corrected chi connectivity index (χ0v) is 9.33. The Morgan fingerprint density at radius 1 is 1.44 bits per heavy atom. The molecule has 0 spiro atoms. The van der Waals surface area contributed by atoms with Gasteiger partial charge in [-0.3, -0.25) is 9.59 Å². The van der Waals surface area contributed by atoms with Gasteiger partial charge in [-0.05, 0) is 6.07 Å². The van der Waals surface area contributed by atoms with E-state index in [4.69, 9.17) is 11.6 Å². The van der Waals surface area contributed by atoms with Crippen LogP contribution in [0.15, 0.2) is 12.3 Å². The van der Waals surface area contributed by atoms with E-state index in [1.807, 2.05) is 0 Å². The minimum atomic E-state index is -0.191. The first kappa shape index (κ1) is 11.1. The van der Waals surface area contributed by atoms with E-state index in [0.29, 0.717) is 31.0 Å². The zero-order chi connectivity index (χ0) is 11.5. The molecule has 1 aliphatic rings. The molecule has 1 aliphatic heterocycles. The van der Waals surface area contributed by atoms with Crippen LogP contribution in [-0.4, -0.2) is 34.7 Å². The lowest BCUT2D eigenvalue weighted by atomic mass is 10.1. The minimum absolute atomic E-state index is 0.191. The number of pyridine rings is 1. The molecule has 0 saturated carbocycles. The smallest absolute Gasteiger partial charge is 0.273 e. The van der Waals surface area contributed by atoms with Gasteiger partial charge in [0.15, 0.2) is 0 Å². The predicted octanol–water partition coefficient (Wildman–Crippen LogP) is 1.34. The maximum Gasteiger partial charge on any atom is 0.273 e. The van der Waals surface area contributed by atoms with Gasteiger partial charge in [0.25, 0.3) is 5.91 Å². The number of piperidine rings is 1. The molecule has 1 saturated heterocycles. The fourth-order valence-corrected chi connectivity index (χ4v) is 1.67. The lowest BCUT2D eigenvalue weighted by molar-refractivity contribution is -0.120. The monoisotopic (exact) mass is 237 g/mol. The van der Waals surface area contributed by atoms with Crippen molar-refractivity contribution in [1.29, 1.82) is 0 Å². The summed E-state index contributed by atoms with van der Waals surface area (Å²) in [4.78, 5) is 28.5. The Balaban J connectivity index is 2.07. The molecule has 16 heavy (non-hydrogen) atoms. The van der Waals surface area contributed by atoms with E-state index in [1.165, 1.54) is 12.3 Å². The Morgan fingerprint density at radius 2 is 2.12 bits per heavy atom. The van der Waals surface area contributed by atoms with Gasteiger partial charge in [-0.1, -0.05) is 11.6 Å². The molecule has 83 valence electrons. The van der Waals surface area contributed by atoms with Crippen LogP contribution in [0.3, 0.4) is 0 Å². The van der Waals surface area contributed by atoms with Crippen molar-refractivity contribution in [2.75, 3.05) is 13.1 Å². The molecular weight excluding hydrogens is 228 g/mol. The van der Waals surface area contributed by atoms with Crippen LogP contribution in [0.1, 0.15) is 23.3 Å². The number of nitrogens with zero attached hydrogens (tertiary/aromatic N) is 2. The van der Waals surface area contributed by atoms with Crippen molar-refractivity contribution in [3.05, 3.63) is 29.0 Å². The molecule has 1 aromatic heterocycles. The summed E-state index contributed by atoms with van der Waals surface area (Å²) in [5.41, 5.74) is 0.249. The van der Waals surface area contributed by atoms with Crippen molar-refractivity contribution < 1.29 is 9.59 Å². The van der Waals surface area contributed by atoms with Gasteiger partial charge in [0, 0.05) is 38.2 Å². The fraction of sp³-hybridized carbons (Fsp3) is 0.364. The average molecular weight is 238 g/mol. The highest BCUT2D eigenvalue weighted by Gasteiger charge is 2.22. The van der Waals surface area contributed by atoms with Crippen LogP contribution in [0.4, 0.5) is 0 Å². The third-order valence-corrected chi connectivity index (χ3v) is 2.68. The summed E-state index contributed by atoms with van der Waals surface area (Å²) in [5, 5.41) is 0.449. The van der Waals surface area contributed by atoms with E-state index >= 15 is 0 Å². The second-order valence-electron chi connectivity index (χ2n) is 3.61. The molecule has 1 amide bonds. The number of carbonyl (C=O) groups excluding carboxylic acids is 2. The second-order valence-corrected chi connectivity index (χ2v) is 4.05. The Bertz CT molecular complexity index is 406. The van der Waals surface area contributed by atoms with Crippen LogP contribution < -0.4 is 0 Å². The van der Waals surface area contributed by atoms with Crippen molar-refractivity contribution >= 4 is 23.3 Å². The van der Waals surface area contributed by atoms with Gasteiger partial charge in [0.05, 0.1) is 5.02 Å². The summed E-state index contributed by atoms with van der Waals surface area (Å²) in [7, 11) is 0. The van der Waals surface area contributed by atoms with Gasteiger partial charge in [0.1, 0.15) is 11.5 Å². The SMILES string of the molecule is O=C1CCN(C(=O)c2[c]cc(Cl)cn2)CC1. The summed E-state index contributed by atoms with van der Waals surface area (Å²) >= 11 is 5.66. The lowest BCUT2D eigenvalue weighted by Gasteiger charge is -2.25. The van der Waals surface area contributed by atoms with Crippen molar-refractivity contribution in [2.24, 2.45) is 0 Å². The molecule has 1 aromatic rings. The summed E-state index contributed by atoms with van der Waals surface area (Å²) in [5.74, 6) is 0.0151. The Morgan fingerprint density at radius 3 is 2.69 bits per heavy atom. The molecule has 4 nitrogen and oxygen atoms in total. The van der Waals surface area contributed by atoms with E-state index in [2.05, 4.69) is 11.1 Å². The number of amides is 1. The first-order valence-electron chi connectivity index (χ1n) is 5.01. The molecule has 0 bridgehead atoms. The van der Waals surface area contributed by atoms with Crippen molar-refractivity contribution in [3.63, 3.8) is 0 Å². The highest BCUT2D eigenvalue weighted by atomic mass is 35.5. The number of halogens is 1. The lowest BCUT2D eigenvalue weighted by Crippen LogP contribution is -2.38. The topological polar surface area (TPSA) is 50.3 Å². The van der Waals surface area contributed by atoms with Crippen LogP contribution >= 0.6 is 11.6 Å². The van der Waals surface area contributed by atoms with E-state index in [1.54, 1.807) is 4.90 Å². The van der Waals surface area contributed by atoms with Crippen LogP contribution in [0.5, 0.6) is 0 Å². The zero-order valence-electron chi connectivity index (χ0n) is 8.57. The summed E-state index contributed by atoms with van der Waals surface area (Å²) in [6.45, 7) is 0.936. The molecule has 0 aromatic carbocycles. The number of hydrogen-bond acceptors (Lipinski definition) is 3. The van der Waals surface area contributed by atoms with E-state index in [0.717, 1.165) is 0 Å². The molecule has 2 heterocycles. The highest BCUT2D eigenvalue weighted by molar-refractivity contribution is 6.30. The van der Waals surface area contributed by atoms with Crippen molar-refractivity contribution in [1.82, 2.24) is 9.88 Å². The Hall–Kier alpha value is -1.42. The highest BCUT2D eigenvalue weighted by Crippen LogP contribution is 2.11. The number of likely N-dealkylation sites (tertiary alicyclic amines) is 1. The normalized spacial score (nSPS) is 16.3. The van der Waals surface area contributed by atoms with Crippen LogP contribution in [0, 0.1) is 6.07 Å². The molecule has 0 unspecified atom stereocenters. The molecule has 0 N–H and O–H groups in total. The van der Waals surface area contributed by atoms with E-state index in [-0.39, 0.29) is 17.4 Å². The van der Waals surface area contributed by atoms with Crippen LogP contribution in [0.25, 0.3) is 0 Å². The average Bonchev–Trinajstić information content (AvgIpc) is 2.30. The summed E-state index contributed by atoms with van der Waals surface area (Å²) in [6, 6.07) is 4.24. The molecule has 0 atom stereocenters. The Labute approximate surface area is 98.2 Å². The van der Waals surface area contributed by atoms with E-state index < -0.39 is 0 Å². The van der Waals surface area contributed by atoms with Crippen molar-refractivity contribution in [2.45, 2.75) is 12.8 Å². The largest absolute Gasteiger partial charge is 0.336 e. The van der Waals surface area contributed by atoms with Crippen LogP contribution in [-0.2, 0) is 4.79 Å². The second kappa shape index (κ2) is 4.61. The van der Waals surface area contributed by atoms with Gasteiger partial charge in [-0.25, -0.2) is 4.98 Å². The maximum atomic E-state index is 11.9. The number of rotatable bonds is 1. The van der Waals surface area contributed by atoms with Crippen molar-refractivity contribution in [3.8, 4) is 0 Å². The quantitative estimate of drug-likeness (QED) is 0.741. The maximum absolute atomic E-state index is 11.9. The van der Waals surface area contributed by atoms with Crippen LogP contribution in [0.2, 0.25) is 5.02 Å². The molecular formula is C11H10ClN2O2. The first-order chi connectivity index (χ1) is 7.66. The van der Waals surface area contributed by atoms with Gasteiger partial charge >= 0.3 is 0 Å². The summed E-state index contributed by atoms with van der Waals surface area (Å²) < 4.78 is 0. The molecule has 1 fully saturated rings. The summed E-state index contributed by atoms with van der Waals surface area (Å²) in [6.07, 6.45) is 2.28. The first-order valence-corrected chi connectivity index (χ1v) is 5.39. The number of hydrogen-bond donors (Lipinski definition) is 0. The number of Topliss-reactive ketones (excluding diaryl/α,β-unsaturated/α-hetero) is 1. The standard InChI is InChI=1S/C11H10ClN2O2/c12-8-1-2-10(13-7-8)11(16)14-5-3-9(15)4-6-14/h1,7H,3-6H2. The molecule has 0 aliphatic carbocycles. The third kappa shape index (κ3) is 2.39. The predicted molar refractivity (Wildman–Crippen MR) is 58.2 cm³/mol. The number of ketones is 1. The minimum Gasteiger partial charge on any atom is -0.336 e. The van der Waals surface area contributed by atoms with Gasteiger partial charge in [-0.2, -0.15) is 0 Å². The third-order valence-electron chi connectivity index (χ3n) is 2.47. The van der Waals surface area contributed by atoms with E-state index in [9.17, 15) is 9.59 Å². The Kier molecular flexibility index (Phi) is 3.19. The van der Waals surface area contributed by atoms with Gasteiger partial charge in [0.2, 0.25) is 0 Å². The fourth-order valence-electron chi connectivity index (χ4n) is 1.56. The van der Waals surface area contributed by atoms with Gasteiger partial charge < -0.3 is 4.90 Å². The molecule has 2 rings (SSSR count).